The van der Waals surface area contributed by atoms with E-state index in [4.69, 9.17) is 0 Å². The third-order valence-corrected chi connectivity index (χ3v) is 14.0. The summed E-state index contributed by atoms with van der Waals surface area (Å²) >= 11 is 1.92. The minimum atomic E-state index is 0.237. The molecule has 5 aliphatic rings. The van der Waals surface area contributed by atoms with E-state index in [0.29, 0.717) is 29.8 Å². The van der Waals surface area contributed by atoms with Crippen LogP contribution in [-0.4, -0.2) is 17.0 Å². The Bertz CT molecular complexity index is 2480. The van der Waals surface area contributed by atoms with Gasteiger partial charge >= 0.3 is 0 Å². The molecule has 0 aliphatic heterocycles. The highest BCUT2D eigenvalue weighted by atomic mass is 32.1. The minimum Gasteiger partial charge on any atom is -0.362 e. The van der Waals surface area contributed by atoms with Crippen LogP contribution in [0, 0.1) is 23.7 Å². The molecule has 8 rings (SSSR count). The van der Waals surface area contributed by atoms with E-state index < -0.39 is 0 Å². The van der Waals surface area contributed by atoms with Crippen molar-refractivity contribution in [3.63, 3.8) is 0 Å². The fraction of sp³-hybridized carbons (Fsp3) is 0.263. The maximum absolute atomic E-state index is 4.17. The average Bonchev–Trinajstić information content (AvgIpc) is 3.52. The number of fused-ring (bicyclic) bond motifs is 1. The zero-order valence-electron chi connectivity index (χ0n) is 35.9. The molecule has 304 valence electrons. The normalized spacial score (nSPS) is 25.3. The molecule has 6 atom stereocenters. The maximum Gasteiger partial charge on any atom is 0.0514 e. The van der Waals surface area contributed by atoms with Crippen molar-refractivity contribution < 1.29 is 0 Å². The first kappa shape index (κ1) is 41.1. The molecule has 3 aromatic rings. The maximum atomic E-state index is 4.17. The SMILES string of the molecule is C=C/C=C(\C=C)N(C1=CC=CCC1)c1ccc(-c2sc3ccccc3c2/C(=C(/C)C2=CCC(N(C3=CC=CC(C)C3)C3C=CC=CC(C)C3)C=C2)C2C=CC=CC2C)cc1. The summed E-state index contributed by atoms with van der Waals surface area (Å²) in [4.78, 5) is 6.39. The quantitative estimate of drug-likeness (QED) is 0.168. The molecule has 0 spiro atoms. The summed E-state index contributed by atoms with van der Waals surface area (Å²) in [7, 11) is 0. The summed E-state index contributed by atoms with van der Waals surface area (Å²) in [6.45, 7) is 17.6. The predicted molar refractivity (Wildman–Crippen MR) is 263 cm³/mol. The van der Waals surface area contributed by atoms with Crippen LogP contribution in [0.2, 0.25) is 0 Å². The number of hydrogen-bond donors (Lipinski definition) is 0. The van der Waals surface area contributed by atoms with E-state index in [1.165, 1.54) is 54.2 Å². The summed E-state index contributed by atoms with van der Waals surface area (Å²) < 4.78 is 1.32. The van der Waals surface area contributed by atoms with Crippen molar-refractivity contribution in [1.29, 1.82) is 0 Å². The molecule has 0 saturated heterocycles. The van der Waals surface area contributed by atoms with Crippen LogP contribution in [0.4, 0.5) is 5.69 Å². The van der Waals surface area contributed by atoms with E-state index in [1.54, 1.807) is 0 Å². The number of anilines is 1. The second kappa shape index (κ2) is 18.7. The van der Waals surface area contributed by atoms with Gasteiger partial charge in [0.1, 0.15) is 0 Å². The van der Waals surface area contributed by atoms with Gasteiger partial charge in [-0.05, 0) is 122 Å². The summed E-state index contributed by atoms with van der Waals surface area (Å²) in [5.41, 5.74) is 11.6. The molecule has 1 aromatic heterocycles. The number of rotatable bonds is 12. The van der Waals surface area contributed by atoms with Gasteiger partial charge in [0.05, 0.1) is 6.04 Å². The number of nitrogens with zero attached hydrogens (tertiary/aromatic N) is 2. The highest BCUT2D eigenvalue weighted by Crippen LogP contribution is 2.49. The van der Waals surface area contributed by atoms with Gasteiger partial charge in [-0.3, -0.25) is 0 Å². The average molecular weight is 805 g/mol. The van der Waals surface area contributed by atoms with Crippen LogP contribution in [0.3, 0.4) is 0 Å². The molecule has 0 saturated carbocycles. The lowest BCUT2D eigenvalue weighted by Crippen LogP contribution is -2.42. The fourth-order valence-electron chi connectivity index (χ4n) is 9.70. The molecular weight excluding hydrogens is 745 g/mol. The van der Waals surface area contributed by atoms with Gasteiger partial charge in [0.25, 0.3) is 0 Å². The Morgan fingerprint density at radius 3 is 2.28 bits per heavy atom. The Labute approximate surface area is 363 Å². The number of benzene rings is 2. The second-order valence-electron chi connectivity index (χ2n) is 17.0. The number of thiophene rings is 1. The monoisotopic (exact) mass is 804 g/mol. The van der Waals surface area contributed by atoms with Crippen LogP contribution in [0.1, 0.15) is 65.4 Å². The zero-order chi connectivity index (χ0) is 41.6. The second-order valence-corrected chi connectivity index (χ2v) is 18.1. The van der Waals surface area contributed by atoms with Crippen molar-refractivity contribution >= 4 is 32.7 Å². The van der Waals surface area contributed by atoms with Crippen LogP contribution in [0.5, 0.6) is 0 Å². The molecule has 60 heavy (non-hydrogen) atoms. The van der Waals surface area contributed by atoms with Gasteiger partial charge in [-0.1, -0.05) is 161 Å². The van der Waals surface area contributed by atoms with E-state index >= 15 is 0 Å². The first-order valence-electron chi connectivity index (χ1n) is 22.0. The minimum absolute atomic E-state index is 0.237. The highest BCUT2D eigenvalue weighted by Gasteiger charge is 2.31. The van der Waals surface area contributed by atoms with Crippen molar-refractivity contribution in [2.24, 2.45) is 23.7 Å². The molecular formula is C57H60N2S. The third kappa shape index (κ3) is 8.65. The molecule has 0 amide bonds. The van der Waals surface area contributed by atoms with E-state index in [-0.39, 0.29) is 5.92 Å². The van der Waals surface area contributed by atoms with Crippen LogP contribution in [0.15, 0.2) is 211 Å². The molecule has 2 nitrogen and oxygen atoms in total. The molecule has 2 aromatic carbocycles. The number of hydrogen-bond acceptors (Lipinski definition) is 3. The third-order valence-electron chi connectivity index (χ3n) is 12.7. The smallest absolute Gasteiger partial charge is 0.0514 e. The summed E-state index contributed by atoms with van der Waals surface area (Å²) in [5, 5.41) is 1.33. The van der Waals surface area contributed by atoms with Gasteiger partial charge < -0.3 is 9.80 Å². The number of allylic oxidation sites excluding steroid dienone is 22. The summed E-state index contributed by atoms with van der Waals surface area (Å²) in [5.74, 6) is 1.67. The van der Waals surface area contributed by atoms with Crippen molar-refractivity contribution in [1.82, 2.24) is 4.90 Å². The van der Waals surface area contributed by atoms with E-state index in [0.717, 1.165) is 43.5 Å². The standard InChI is InChI=1S/C57H60N2S/c1-7-19-46(8-2)58(47-23-10-9-11-24-47)48-36-32-45(33-37-48)57-56(53-28-16-17-29-54(53)60-57)55(52-27-15-13-22-42(52)5)43(6)44-30-34-49(35-31-44)59(51-26-18-21-41(4)39-51)50-25-14-12-20-40(3)38-50/h7-10,12-23,25-34,36-37,40-42,49-50,52H,1-2,11,24,35,38-39H2,3-6H3/b46-19+,55-43-. The molecule has 0 bridgehead atoms. The van der Waals surface area contributed by atoms with Crippen molar-refractivity contribution in [3.8, 4) is 10.4 Å². The molecule has 0 fully saturated rings. The molecule has 0 N–H and O–H groups in total. The first-order valence-corrected chi connectivity index (χ1v) is 22.8. The lowest BCUT2D eigenvalue weighted by molar-refractivity contribution is 0.214. The molecule has 5 aliphatic carbocycles. The molecule has 6 unspecified atom stereocenters. The largest absolute Gasteiger partial charge is 0.362 e. The van der Waals surface area contributed by atoms with Gasteiger partial charge in [-0.2, -0.15) is 0 Å². The van der Waals surface area contributed by atoms with E-state index in [2.05, 4.69) is 202 Å². The summed E-state index contributed by atoms with van der Waals surface area (Å²) in [6.07, 6.45) is 50.6. The zero-order valence-corrected chi connectivity index (χ0v) is 36.7. The van der Waals surface area contributed by atoms with Crippen molar-refractivity contribution in [2.75, 3.05) is 4.90 Å². The van der Waals surface area contributed by atoms with Crippen molar-refractivity contribution in [3.05, 3.63) is 217 Å². The Morgan fingerprint density at radius 2 is 1.55 bits per heavy atom. The first-order chi connectivity index (χ1) is 29.3. The fourth-order valence-corrected chi connectivity index (χ4v) is 10.9. The van der Waals surface area contributed by atoms with Gasteiger partial charge in [0.15, 0.2) is 0 Å². The van der Waals surface area contributed by atoms with Gasteiger partial charge in [0, 0.05) is 55.3 Å². The lowest BCUT2D eigenvalue weighted by Gasteiger charge is -2.42. The van der Waals surface area contributed by atoms with E-state index in [1.807, 2.05) is 29.6 Å². The van der Waals surface area contributed by atoms with Crippen molar-refractivity contribution in [2.45, 2.75) is 71.9 Å². The molecule has 3 heteroatoms. The van der Waals surface area contributed by atoms with E-state index in [9.17, 15) is 0 Å². The Morgan fingerprint density at radius 1 is 0.783 bits per heavy atom. The Hall–Kier alpha value is -5.64. The lowest BCUT2D eigenvalue weighted by atomic mass is 9.76. The molecule has 1 heterocycles. The predicted octanol–water partition coefficient (Wildman–Crippen LogP) is 15.6. The highest BCUT2D eigenvalue weighted by molar-refractivity contribution is 7.22. The Balaban J connectivity index is 1.21. The summed E-state index contributed by atoms with van der Waals surface area (Å²) in [6, 6.07) is 18.9. The van der Waals surface area contributed by atoms with Crippen LogP contribution >= 0.6 is 11.3 Å². The van der Waals surface area contributed by atoms with Crippen LogP contribution < -0.4 is 4.90 Å². The van der Waals surface area contributed by atoms with Crippen LogP contribution in [0.25, 0.3) is 26.1 Å². The Kier molecular flexibility index (Phi) is 12.8. The van der Waals surface area contributed by atoms with Gasteiger partial charge in [-0.15, -0.1) is 11.3 Å². The topological polar surface area (TPSA) is 6.48 Å². The van der Waals surface area contributed by atoms with Gasteiger partial charge in [0.2, 0.25) is 0 Å². The molecule has 0 radical (unpaired) electrons. The van der Waals surface area contributed by atoms with Crippen LogP contribution in [-0.2, 0) is 0 Å². The van der Waals surface area contributed by atoms with Gasteiger partial charge in [-0.25, -0.2) is 0 Å².